The van der Waals surface area contributed by atoms with Crippen molar-refractivity contribution in [2.24, 2.45) is 22.2 Å². The number of nitrogens with one attached hydrogen (secondary N) is 2. The molecule has 0 unspecified atom stereocenters. The van der Waals surface area contributed by atoms with Crippen LogP contribution < -0.4 is 15.5 Å². The molecule has 56 heavy (non-hydrogen) atoms. The van der Waals surface area contributed by atoms with Crippen LogP contribution in [0.4, 0.5) is 21.6 Å². The van der Waals surface area contributed by atoms with Crippen LogP contribution in [-0.4, -0.2) is 48.5 Å². The third kappa shape index (κ3) is 12.7. The summed E-state index contributed by atoms with van der Waals surface area (Å²) in [6, 6.07) is 8.63. The van der Waals surface area contributed by atoms with Crippen molar-refractivity contribution in [3.05, 3.63) is 71.7 Å². The van der Waals surface area contributed by atoms with Crippen LogP contribution >= 0.6 is 0 Å². The number of aliphatic hydroxyl groups is 1. The van der Waals surface area contributed by atoms with Gasteiger partial charge in [-0.3, -0.25) is 9.79 Å². The molecular weight excluding hydrogens is 698 g/mol. The average Bonchev–Trinajstić information content (AvgIpc) is 3.38. The van der Waals surface area contributed by atoms with Gasteiger partial charge in [-0.15, -0.1) is 0 Å². The Hall–Kier alpha value is -3.62. The highest BCUT2D eigenvalue weighted by molar-refractivity contribution is 6.09. The zero-order valence-electron chi connectivity index (χ0n) is 37.1. The number of rotatable bonds is 13. The zero-order chi connectivity index (χ0) is 42.1. The number of benzene rings is 1. The summed E-state index contributed by atoms with van der Waals surface area (Å²) in [5, 5.41) is 13.6. The lowest BCUT2D eigenvalue weighted by atomic mass is 9.73. The third-order valence-corrected chi connectivity index (χ3v) is 11.0. The standard InChI is InChI=1S/C35H44FN5O.C8H18.C4H10.CH4O/c1-6-10-24-19-26(20-24)41-32-21-25(12-13-27(32)35(34(41)42)14-17-37-18-15-35)31-22-30(38-16-8-3)23(5)33(40-31)39-29(11-7-2)28(36)9-4;1-5-7-8(3,4)6-2;1-4(2)3;1-2/h7,9,11-13,16,21-22,24,26,37H,4,6,8,10,14-15,17-20H2,1-3,5H3,(H,39,40);5-7H2,1-4H3;4H,1-3H3;2H,1H3/b11-7-,29-28-,38-16?;;;. The minimum absolute atomic E-state index is 0.251. The lowest BCUT2D eigenvalue weighted by Crippen LogP contribution is -2.53. The van der Waals surface area contributed by atoms with Crippen LogP contribution in [0.3, 0.4) is 0 Å². The normalized spacial score (nSPS) is 19.0. The number of carbonyl (C=O) groups excluding carboxylic acids is 1. The van der Waals surface area contributed by atoms with Crippen LogP contribution in [0.2, 0.25) is 0 Å². The molecule has 1 spiro atoms. The number of anilines is 2. The predicted octanol–water partition coefficient (Wildman–Crippen LogP) is 12.6. The summed E-state index contributed by atoms with van der Waals surface area (Å²) in [5.74, 6) is 1.88. The molecule has 312 valence electrons. The minimum atomic E-state index is -0.459. The number of aliphatic imine (C=N–C) groups is 1. The number of fused-ring (bicyclic) bond motifs is 2. The highest BCUT2D eigenvalue weighted by atomic mass is 19.1. The minimum Gasteiger partial charge on any atom is -0.400 e. The first kappa shape index (κ1) is 48.5. The van der Waals surface area contributed by atoms with Crippen LogP contribution in [0, 0.1) is 24.2 Å². The lowest BCUT2D eigenvalue weighted by Gasteiger charge is -2.43. The number of amides is 1. The molecule has 1 aliphatic carbocycles. The number of hydrogen-bond acceptors (Lipinski definition) is 6. The average molecular weight is 774 g/mol. The van der Waals surface area contributed by atoms with Gasteiger partial charge in [0.2, 0.25) is 5.91 Å². The van der Waals surface area contributed by atoms with E-state index in [2.05, 4.69) is 95.7 Å². The Morgan fingerprint density at radius 1 is 1.12 bits per heavy atom. The summed E-state index contributed by atoms with van der Waals surface area (Å²) >= 11 is 0. The summed E-state index contributed by atoms with van der Waals surface area (Å²) in [4.78, 5) is 26.0. The molecule has 1 saturated carbocycles. The first-order valence-corrected chi connectivity index (χ1v) is 21.3. The van der Waals surface area contributed by atoms with Crippen molar-refractivity contribution in [3.63, 3.8) is 0 Å². The second-order valence-electron chi connectivity index (χ2n) is 16.8. The molecule has 1 aromatic carbocycles. The molecule has 0 bridgehead atoms. The summed E-state index contributed by atoms with van der Waals surface area (Å²) in [6.45, 7) is 29.0. The molecule has 8 heteroatoms. The summed E-state index contributed by atoms with van der Waals surface area (Å²) in [5.41, 5.74) is 5.85. The first-order valence-electron chi connectivity index (χ1n) is 21.3. The van der Waals surface area contributed by atoms with Crippen LogP contribution in [-0.2, 0) is 10.2 Å². The van der Waals surface area contributed by atoms with Gasteiger partial charge in [-0.2, -0.15) is 0 Å². The second-order valence-corrected chi connectivity index (χ2v) is 16.8. The first-order chi connectivity index (χ1) is 26.7. The van der Waals surface area contributed by atoms with E-state index in [1.54, 1.807) is 12.2 Å². The van der Waals surface area contributed by atoms with Gasteiger partial charge in [0.15, 0.2) is 0 Å². The van der Waals surface area contributed by atoms with Crippen molar-refractivity contribution in [1.82, 2.24) is 10.3 Å². The number of pyridine rings is 1. The van der Waals surface area contributed by atoms with Crippen LogP contribution in [0.15, 0.2) is 65.6 Å². The predicted molar refractivity (Wildman–Crippen MR) is 240 cm³/mol. The summed E-state index contributed by atoms with van der Waals surface area (Å²) in [7, 11) is 1.00. The molecule has 2 aromatic rings. The van der Waals surface area contributed by atoms with Crippen LogP contribution in [0.5, 0.6) is 0 Å². The molecule has 0 atom stereocenters. The maximum Gasteiger partial charge on any atom is 0.238 e. The fourth-order valence-corrected chi connectivity index (χ4v) is 7.63. The molecule has 0 radical (unpaired) electrons. The summed E-state index contributed by atoms with van der Waals surface area (Å²) < 4.78 is 14.7. The molecule has 3 N–H and O–H groups in total. The van der Waals surface area contributed by atoms with E-state index in [-0.39, 0.29) is 17.6 Å². The number of hydrogen-bond donors (Lipinski definition) is 3. The van der Waals surface area contributed by atoms with E-state index in [9.17, 15) is 9.18 Å². The Kier molecular flexibility index (Phi) is 20.4. The Bertz CT molecular complexity index is 1630. The molecule has 2 aliphatic heterocycles. The lowest BCUT2D eigenvalue weighted by molar-refractivity contribution is -0.125. The van der Waals surface area contributed by atoms with Crippen LogP contribution in [0.25, 0.3) is 11.3 Å². The number of nitrogens with zero attached hydrogens (tertiary/aromatic N) is 3. The Morgan fingerprint density at radius 2 is 1.77 bits per heavy atom. The monoisotopic (exact) mass is 774 g/mol. The Morgan fingerprint density at radius 3 is 2.29 bits per heavy atom. The quantitative estimate of drug-likeness (QED) is 0.139. The maximum absolute atomic E-state index is 14.7. The van der Waals surface area contributed by atoms with Gasteiger partial charge in [0.1, 0.15) is 11.6 Å². The van der Waals surface area contributed by atoms with Gasteiger partial charge in [0.05, 0.1) is 22.5 Å². The Balaban J connectivity index is 0.000000666. The third-order valence-electron chi connectivity index (χ3n) is 11.0. The molecule has 7 nitrogen and oxygen atoms in total. The van der Waals surface area contributed by atoms with E-state index in [0.717, 1.165) is 92.0 Å². The zero-order valence-corrected chi connectivity index (χ0v) is 37.1. The molecule has 3 heterocycles. The van der Waals surface area contributed by atoms with E-state index in [4.69, 9.17) is 15.1 Å². The molecular formula is C48H76FN5O2. The van der Waals surface area contributed by atoms with Gasteiger partial charge in [-0.1, -0.05) is 113 Å². The van der Waals surface area contributed by atoms with Gasteiger partial charge in [-0.25, -0.2) is 9.37 Å². The number of allylic oxidation sites excluding steroid dienone is 4. The highest BCUT2D eigenvalue weighted by Crippen LogP contribution is 2.52. The van der Waals surface area contributed by atoms with Crippen molar-refractivity contribution in [2.45, 2.75) is 152 Å². The second kappa shape index (κ2) is 23.6. The van der Waals surface area contributed by atoms with Crippen molar-refractivity contribution in [2.75, 3.05) is 30.4 Å². The molecule has 1 aromatic heterocycles. The molecule has 3 aliphatic rings. The topological polar surface area (TPSA) is 89.9 Å². The van der Waals surface area contributed by atoms with Crippen molar-refractivity contribution in [1.29, 1.82) is 0 Å². The Labute approximate surface area is 340 Å². The number of halogens is 1. The molecule has 2 fully saturated rings. The molecule has 1 amide bonds. The van der Waals surface area contributed by atoms with Gasteiger partial charge in [-0.05, 0) is 113 Å². The number of aliphatic hydroxyl groups excluding tert-OH is 1. The van der Waals surface area contributed by atoms with Crippen molar-refractivity contribution >= 4 is 29.3 Å². The van der Waals surface area contributed by atoms with Crippen molar-refractivity contribution in [3.8, 4) is 11.3 Å². The smallest absolute Gasteiger partial charge is 0.238 e. The van der Waals surface area contributed by atoms with E-state index in [0.29, 0.717) is 17.2 Å². The van der Waals surface area contributed by atoms with E-state index in [1.165, 1.54) is 38.2 Å². The molecule has 1 saturated heterocycles. The van der Waals surface area contributed by atoms with E-state index in [1.807, 2.05) is 33.1 Å². The van der Waals surface area contributed by atoms with Gasteiger partial charge < -0.3 is 20.6 Å². The SMILES string of the molecule is C=C/C(F)=C(\C=C/C)Nc1nc(-c2ccc3c(c2)N(C2CC(CCC)C2)C(=O)C32CCNCC2)cc(N=CCC)c1C.CC(C)C.CCCC(C)(C)CC.CO. The highest BCUT2D eigenvalue weighted by Gasteiger charge is 2.54. The largest absolute Gasteiger partial charge is 0.400 e. The molecule has 5 rings (SSSR count). The van der Waals surface area contributed by atoms with Gasteiger partial charge >= 0.3 is 0 Å². The van der Waals surface area contributed by atoms with Crippen molar-refractivity contribution < 1.29 is 14.3 Å². The maximum atomic E-state index is 14.7. The van der Waals surface area contributed by atoms with E-state index < -0.39 is 11.2 Å². The van der Waals surface area contributed by atoms with Gasteiger partial charge in [0, 0.05) is 36.2 Å². The fourth-order valence-electron chi connectivity index (χ4n) is 7.63. The van der Waals surface area contributed by atoms with Crippen LogP contribution in [0.1, 0.15) is 145 Å². The summed E-state index contributed by atoms with van der Waals surface area (Å²) in [6.07, 6.45) is 17.5. The fraction of sp³-hybridized carbons (Fsp3) is 0.604. The van der Waals surface area contributed by atoms with E-state index >= 15 is 0 Å². The number of aromatic nitrogens is 1. The van der Waals surface area contributed by atoms with Gasteiger partial charge in [0.25, 0.3) is 0 Å². The number of piperidine rings is 1. The number of carbonyl (C=O) groups is 1.